The highest BCUT2D eigenvalue weighted by Crippen LogP contribution is 2.21. The Morgan fingerprint density at radius 1 is 1.04 bits per heavy atom. The Bertz CT molecular complexity index is 665. The minimum atomic E-state index is -0.786. The van der Waals surface area contributed by atoms with E-state index in [0.717, 1.165) is 0 Å². The van der Waals surface area contributed by atoms with Crippen LogP contribution in [0.2, 0.25) is 10.0 Å². The lowest BCUT2D eigenvalue weighted by Gasteiger charge is -2.22. The van der Waals surface area contributed by atoms with Gasteiger partial charge in [-0.05, 0) is 44.4 Å². The lowest BCUT2D eigenvalue weighted by atomic mass is 10.0. The van der Waals surface area contributed by atoms with E-state index < -0.39 is 23.9 Å². The molecule has 0 radical (unpaired) electrons. The number of likely N-dealkylation sites (N-methyl/N-ethyl adjacent to an activating group) is 1. The number of benzene rings is 1. The Kier molecular flexibility index (Phi) is 8.88. The zero-order chi connectivity index (χ0) is 19.9. The van der Waals surface area contributed by atoms with Gasteiger partial charge < -0.3 is 16.0 Å². The van der Waals surface area contributed by atoms with E-state index in [4.69, 9.17) is 23.2 Å². The molecule has 2 atom stereocenters. The number of nitrogens with one attached hydrogen (secondary N) is 3. The highest BCUT2D eigenvalue weighted by atomic mass is 35.5. The number of carbonyl (C=O) groups is 3. The molecule has 0 bridgehead atoms. The van der Waals surface area contributed by atoms with Gasteiger partial charge in [-0.3, -0.25) is 14.4 Å². The van der Waals surface area contributed by atoms with Crippen LogP contribution in [-0.4, -0.2) is 36.3 Å². The van der Waals surface area contributed by atoms with Crippen LogP contribution in [-0.2, 0) is 9.59 Å². The Morgan fingerprint density at radius 3 is 2.23 bits per heavy atom. The van der Waals surface area contributed by atoms with Crippen molar-refractivity contribution < 1.29 is 14.4 Å². The molecule has 0 fully saturated rings. The Balaban J connectivity index is 2.87. The summed E-state index contributed by atoms with van der Waals surface area (Å²) in [5.41, 5.74) is 0.231. The average Bonchev–Trinajstić information content (AvgIpc) is 2.53. The first-order chi connectivity index (χ1) is 12.1. The number of amides is 3. The van der Waals surface area contributed by atoms with Crippen molar-refractivity contribution in [3.63, 3.8) is 0 Å². The molecule has 1 aromatic rings. The summed E-state index contributed by atoms with van der Waals surface area (Å²) in [6.07, 6.45) is 0.422. The van der Waals surface area contributed by atoms with E-state index in [1.165, 1.54) is 12.1 Å². The van der Waals surface area contributed by atoms with Crippen molar-refractivity contribution in [1.82, 2.24) is 16.0 Å². The normalized spacial score (nSPS) is 13.0. The molecular formula is C18H25Cl2N3O3. The summed E-state index contributed by atoms with van der Waals surface area (Å²) in [5, 5.41) is 8.58. The molecule has 0 saturated heterocycles. The van der Waals surface area contributed by atoms with E-state index in [2.05, 4.69) is 16.0 Å². The summed E-state index contributed by atoms with van der Waals surface area (Å²) in [5.74, 6) is -1.02. The fourth-order valence-corrected chi connectivity index (χ4v) is 2.81. The molecule has 26 heavy (non-hydrogen) atoms. The van der Waals surface area contributed by atoms with Gasteiger partial charge in [-0.2, -0.15) is 0 Å². The molecule has 0 heterocycles. The van der Waals surface area contributed by atoms with Gasteiger partial charge in [0.05, 0.1) is 10.6 Å². The van der Waals surface area contributed by atoms with Gasteiger partial charge in [0, 0.05) is 11.6 Å². The number of halogens is 2. The molecule has 8 heteroatoms. The molecule has 144 valence electrons. The van der Waals surface area contributed by atoms with Crippen LogP contribution in [0, 0.1) is 5.92 Å². The minimum Gasteiger partial charge on any atom is -0.355 e. The first-order valence-corrected chi connectivity index (χ1v) is 9.25. The summed E-state index contributed by atoms with van der Waals surface area (Å²) >= 11 is 11.9. The third-order valence-electron chi connectivity index (χ3n) is 3.61. The zero-order valence-electron chi connectivity index (χ0n) is 15.4. The molecule has 0 aromatic heterocycles. The molecule has 0 saturated carbocycles. The van der Waals surface area contributed by atoms with Crippen LogP contribution in [0.5, 0.6) is 0 Å². The first-order valence-electron chi connectivity index (χ1n) is 8.49. The number of hydrogen-bond donors (Lipinski definition) is 3. The summed E-state index contributed by atoms with van der Waals surface area (Å²) < 4.78 is 0. The van der Waals surface area contributed by atoms with E-state index in [1.807, 2.05) is 13.8 Å². The maximum atomic E-state index is 12.5. The second kappa shape index (κ2) is 10.4. The van der Waals surface area contributed by atoms with Crippen LogP contribution in [0.3, 0.4) is 0 Å². The zero-order valence-corrected chi connectivity index (χ0v) is 16.9. The molecule has 1 rings (SSSR count). The van der Waals surface area contributed by atoms with Gasteiger partial charge in [0.2, 0.25) is 11.8 Å². The third-order valence-corrected chi connectivity index (χ3v) is 4.16. The highest BCUT2D eigenvalue weighted by molar-refractivity contribution is 6.36. The van der Waals surface area contributed by atoms with Crippen LogP contribution in [0.25, 0.3) is 0 Å². The van der Waals surface area contributed by atoms with Crippen molar-refractivity contribution >= 4 is 40.9 Å². The van der Waals surface area contributed by atoms with E-state index in [-0.39, 0.29) is 22.4 Å². The second-order valence-electron chi connectivity index (χ2n) is 6.40. The number of carbonyl (C=O) groups excluding carboxylic acids is 3. The molecule has 3 N–H and O–H groups in total. The molecule has 0 aliphatic heterocycles. The highest BCUT2D eigenvalue weighted by Gasteiger charge is 2.26. The van der Waals surface area contributed by atoms with Gasteiger partial charge in [-0.25, -0.2) is 0 Å². The molecule has 6 nitrogen and oxygen atoms in total. The standard InChI is InChI=1S/C18H25Cl2N3O3/c1-5-21-16(24)11(4)22-18(26)15(8-10(2)3)23-17(25)13-7-6-12(19)9-14(13)20/h6-7,9-11,15H,5,8H2,1-4H3,(H,21,24)(H,22,26)(H,23,25)/t11-,15-/m1/s1. The maximum Gasteiger partial charge on any atom is 0.253 e. The Hall–Kier alpha value is -1.79. The quantitative estimate of drug-likeness (QED) is 0.625. The van der Waals surface area contributed by atoms with E-state index in [1.54, 1.807) is 19.9 Å². The van der Waals surface area contributed by atoms with Crippen molar-refractivity contribution in [3.05, 3.63) is 33.8 Å². The molecule has 1 aromatic carbocycles. The molecular weight excluding hydrogens is 377 g/mol. The number of hydrogen-bond acceptors (Lipinski definition) is 3. The van der Waals surface area contributed by atoms with Crippen molar-refractivity contribution in [2.24, 2.45) is 5.92 Å². The first kappa shape index (κ1) is 22.3. The lowest BCUT2D eigenvalue weighted by Crippen LogP contribution is -2.53. The summed E-state index contributed by atoms with van der Waals surface area (Å²) in [7, 11) is 0. The topological polar surface area (TPSA) is 87.3 Å². The van der Waals surface area contributed by atoms with Gasteiger partial charge in [0.25, 0.3) is 5.91 Å². The monoisotopic (exact) mass is 401 g/mol. The van der Waals surface area contributed by atoms with Crippen LogP contribution in [0.4, 0.5) is 0 Å². The van der Waals surface area contributed by atoms with Crippen LogP contribution >= 0.6 is 23.2 Å². The van der Waals surface area contributed by atoms with E-state index in [0.29, 0.717) is 18.0 Å². The summed E-state index contributed by atoms with van der Waals surface area (Å²) in [4.78, 5) is 36.8. The predicted molar refractivity (Wildman–Crippen MR) is 103 cm³/mol. The van der Waals surface area contributed by atoms with Gasteiger partial charge in [-0.15, -0.1) is 0 Å². The molecule has 3 amide bonds. The second-order valence-corrected chi connectivity index (χ2v) is 7.25. The van der Waals surface area contributed by atoms with Gasteiger partial charge >= 0.3 is 0 Å². The summed E-state index contributed by atoms with van der Waals surface area (Å²) in [6.45, 7) is 7.74. The van der Waals surface area contributed by atoms with E-state index >= 15 is 0 Å². The third kappa shape index (κ3) is 6.84. The van der Waals surface area contributed by atoms with Crippen LogP contribution < -0.4 is 16.0 Å². The fraction of sp³-hybridized carbons (Fsp3) is 0.500. The largest absolute Gasteiger partial charge is 0.355 e. The average molecular weight is 402 g/mol. The molecule has 0 spiro atoms. The number of rotatable bonds is 8. The smallest absolute Gasteiger partial charge is 0.253 e. The van der Waals surface area contributed by atoms with Crippen molar-refractivity contribution in [1.29, 1.82) is 0 Å². The fourth-order valence-electron chi connectivity index (χ4n) is 2.32. The van der Waals surface area contributed by atoms with Gasteiger partial charge in [0.15, 0.2) is 0 Å². The molecule has 0 aliphatic rings. The minimum absolute atomic E-state index is 0.159. The molecule has 0 unspecified atom stereocenters. The van der Waals surface area contributed by atoms with Crippen LogP contribution in [0.15, 0.2) is 18.2 Å². The lowest BCUT2D eigenvalue weighted by molar-refractivity contribution is -0.129. The Labute approximate surface area is 164 Å². The van der Waals surface area contributed by atoms with Crippen molar-refractivity contribution in [2.75, 3.05) is 6.54 Å². The van der Waals surface area contributed by atoms with Crippen molar-refractivity contribution in [2.45, 2.75) is 46.2 Å². The van der Waals surface area contributed by atoms with E-state index in [9.17, 15) is 14.4 Å². The molecule has 0 aliphatic carbocycles. The predicted octanol–water partition coefficient (Wildman–Crippen LogP) is 2.78. The Morgan fingerprint density at radius 2 is 1.69 bits per heavy atom. The SMILES string of the molecule is CCNC(=O)[C@@H](C)NC(=O)[C@@H](CC(C)C)NC(=O)c1ccc(Cl)cc1Cl. The van der Waals surface area contributed by atoms with Crippen molar-refractivity contribution in [3.8, 4) is 0 Å². The van der Waals surface area contributed by atoms with Gasteiger partial charge in [-0.1, -0.05) is 37.0 Å². The summed E-state index contributed by atoms with van der Waals surface area (Å²) in [6, 6.07) is 3.03. The maximum absolute atomic E-state index is 12.5. The van der Waals surface area contributed by atoms with Crippen LogP contribution in [0.1, 0.15) is 44.5 Å². The van der Waals surface area contributed by atoms with Gasteiger partial charge in [0.1, 0.15) is 12.1 Å².